The number of anilines is 1. The molecule has 2 aromatic rings. The second-order valence-corrected chi connectivity index (χ2v) is 7.31. The number of aromatic nitrogens is 1. The molecule has 6 heteroatoms. The van der Waals surface area contributed by atoms with Gasteiger partial charge in [-0.1, -0.05) is 25.2 Å². The number of nitrogens with zero attached hydrogens (tertiary/aromatic N) is 2. The predicted octanol–water partition coefficient (Wildman–Crippen LogP) is 3.00. The molecule has 1 saturated heterocycles. The molecule has 1 fully saturated rings. The lowest BCUT2D eigenvalue weighted by Crippen LogP contribution is -2.49. The number of esters is 1. The van der Waals surface area contributed by atoms with Crippen molar-refractivity contribution in [2.75, 3.05) is 31.6 Å². The molecule has 1 aliphatic heterocycles. The lowest BCUT2D eigenvalue weighted by Gasteiger charge is -2.33. The average molecular weight is 333 g/mol. The van der Waals surface area contributed by atoms with Gasteiger partial charge in [0.05, 0.1) is 22.9 Å². The van der Waals surface area contributed by atoms with Crippen LogP contribution >= 0.6 is 11.3 Å². The Kier molecular flexibility index (Phi) is 4.55. The molecule has 124 valence electrons. The number of piperazine rings is 1. The number of carbonyl (C=O) groups excluding carboxylic acids is 1. The fraction of sp³-hybridized carbons (Fsp3) is 0.529. The van der Waals surface area contributed by atoms with Crippen molar-refractivity contribution >= 4 is 32.7 Å². The summed E-state index contributed by atoms with van der Waals surface area (Å²) in [6, 6.07) is 4.25. The summed E-state index contributed by atoms with van der Waals surface area (Å²) in [6.45, 7) is 9.37. The Morgan fingerprint density at radius 2 is 2.26 bits per heavy atom. The summed E-state index contributed by atoms with van der Waals surface area (Å²) in [5.74, 6) is 0.0109. The Morgan fingerprint density at radius 3 is 2.91 bits per heavy atom. The normalized spacial score (nSPS) is 18.7. The Bertz CT molecular complexity index is 726. The summed E-state index contributed by atoms with van der Waals surface area (Å²) in [6.07, 6.45) is 0. The standard InChI is InChI=1S/C17H23N3O2S/c1-10(2)13-7-12(16(21)22-4)8-14-15(13)19-17(23-14)20-6-5-18-9-11(20)3/h7-8,10-11,18H,5-6,9H2,1-4H3. The van der Waals surface area contributed by atoms with Crippen LogP contribution in [0.1, 0.15) is 42.6 Å². The van der Waals surface area contributed by atoms with Gasteiger partial charge < -0.3 is 15.0 Å². The van der Waals surface area contributed by atoms with Gasteiger partial charge in [0.2, 0.25) is 0 Å². The Balaban J connectivity index is 2.10. The molecule has 1 unspecified atom stereocenters. The van der Waals surface area contributed by atoms with Gasteiger partial charge in [-0.2, -0.15) is 0 Å². The number of nitrogens with one attached hydrogen (secondary N) is 1. The van der Waals surface area contributed by atoms with Crippen LogP contribution in [0.15, 0.2) is 12.1 Å². The van der Waals surface area contributed by atoms with Gasteiger partial charge in [0.1, 0.15) is 0 Å². The molecule has 1 N–H and O–H groups in total. The zero-order chi connectivity index (χ0) is 16.6. The summed E-state index contributed by atoms with van der Waals surface area (Å²) in [4.78, 5) is 19.2. The molecule has 1 aromatic heterocycles. The van der Waals surface area contributed by atoms with E-state index in [0.29, 0.717) is 17.5 Å². The minimum Gasteiger partial charge on any atom is -0.465 e. The third kappa shape index (κ3) is 3.05. The summed E-state index contributed by atoms with van der Waals surface area (Å²) < 4.78 is 5.94. The van der Waals surface area contributed by atoms with Gasteiger partial charge in [-0.25, -0.2) is 9.78 Å². The molecule has 5 nitrogen and oxygen atoms in total. The van der Waals surface area contributed by atoms with Crippen molar-refractivity contribution in [3.05, 3.63) is 23.3 Å². The average Bonchev–Trinajstić information content (AvgIpc) is 2.96. The maximum atomic E-state index is 11.9. The van der Waals surface area contributed by atoms with E-state index >= 15 is 0 Å². The number of thiazole rings is 1. The number of methoxy groups -OCH3 is 1. The van der Waals surface area contributed by atoms with E-state index in [-0.39, 0.29) is 5.97 Å². The highest BCUT2D eigenvalue weighted by molar-refractivity contribution is 7.22. The first-order valence-corrected chi connectivity index (χ1v) is 8.83. The molecule has 0 spiro atoms. The molecular weight excluding hydrogens is 310 g/mol. The second-order valence-electron chi connectivity index (χ2n) is 6.30. The van der Waals surface area contributed by atoms with E-state index in [1.165, 1.54) is 7.11 Å². The van der Waals surface area contributed by atoms with Crippen molar-refractivity contribution in [3.8, 4) is 0 Å². The monoisotopic (exact) mass is 333 g/mol. The van der Waals surface area contributed by atoms with Crippen molar-refractivity contribution < 1.29 is 9.53 Å². The zero-order valence-electron chi connectivity index (χ0n) is 14.0. The molecule has 0 aliphatic carbocycles. The Hall–Kier alpha value is -1.66. The summed E-state index contributed by atoms with van der Waals surface area (Å²) in [7, 11) is 1.42. The fourth-order valence-corrected chi connectivity index (χ4v) is 4.14. The molecule has 0 bridgehead atoms. The van der Waals surface area contributed by atoms with E-state index in [9.17, 15) is 4.79 Å². The summed E-state index contributed by atoms with van der Waals surface area (Å²) in [5.41, 5.74) is 2.72. The van der Waals surface area contributed by atoms with Crippen LogP contribution in [-0.2, 0) is 4.74 Å². The van der Waals surface area contributed by atoms with E-state index in [2.05, 4.69) is 31.0 Å². The van der Waals surface area contributed by atoms with Crippen LogP contribution in [0.3, 0.4) is 0 Å². The Morgan fingerprint density at radius 1 is 1.48 bits per heavy atom. The van der Waals surface area contributed by atoms with Crippen molar-refractivity contribution in [2.24, 2.45) is 0 Å². The predicted molar refractivity (Wildman–Crippen MR) is 94.7 cm³/mol. The molecule has 1 atom stereocenters. The van der Waals surface area contributed by atoms with Crippen molar-refractivity contribution in [1.82, 2.24) is 10.3 Å². The van der Waals surface area contributed by atoms with Gasteiger partial charge in [0.25, 0.3) is 0 Å². The maximum absolute atomic E-state index is 11.9. The van der Waals surface area contributed by atoms with Crippen LogP contribution < -0.4 is 10.2 Å². The van der Waals surface area contributed by atoms with E-state index in [0.717, 1.165) is 40.5 Å². The molecule has 2 heterocycles. The minimum absolute atomic E-state index is 0.292. The lowest BCUT2D eigenvalue weighted by molar-refractivity contribution is 0.0601. The van der Waals surface area contributed by atoms with Crippen molar-refractivity contribution in [2.45, 2.75) is 32.7 Å². The van der Waals surface area contributed by atoms with Crippen LogP contribution in [-0.4, -0.2) is 43.7 Å². The van der Waals surface area contributed by atoms with E-state index < -0.39 is 0 Å². The molecule has 1 aromatic carbocycles. The van der Waals surface area contributed by atoms with Crippen LogP contribution in [0, 0.1) is 0 Å². The molecule has 1 aliphatic rings. The number of hydrogen-bond donors (Lipinski definition) is 1. The highest BCUT2D eigenvalue weighted by atomic mass is 32.1. The summed E-state index contributed by atoms with van der Waals surface area (Å²) in [5, 5.41) is 4.44. The van der Waals surface area contributed by atoms with Crippen LogP contribution in [0.2, 0.25) is 0 Å². The quantitative estimate of drug-likeness (QED) is 0.875. The van der Waals surface area contributed by atoms with Crippen LogP contribution in [0.25, 0.3) is 10.2 Å². The smallest absolute Gasteiger partial charge is 0.337 e. The van der Waals surface area contributed by atoms with Gasteiger partial charge in [0.15, 0.2) is 5.13 Å². The largest absolute Gasteiger partial charge is 0.465 e. The van der Waals surface area contributed by atoms with Crippen LogP contribution in [0.5, 0.6) is 0 Å². The van der Waals surface area contributed by atoms with Crippen LogP contribution in [0.4, 0.5) is 5.13 Å². The molecular formula is C17H23N3O2S. The molecule has 23 heavy (non-hydrogen) atoms. The number of fused-ring (bicyclic) bond motifs is 1. The number of carbonyl (C=O) groups is 1. The van der Waals surface area contributed by atoms with Gasteiger partial charge in [-0.05, 0) is 30.5 Å². The van der Waals surface area contributed by atoms with E-state index in [1.807, 2.05) is 12.1 Å². The lowest BCUT2D eigenvalue weighted by atomic mass is 9.99. The number of ether oxygens (including phenoxy) is 1. The first-order chi connectivity index (χ1) is 11.0. The Labute approximate surface area is 140 Å². The first-order valence-electron chi connectivity index (χ1n) is 8.01. The number of benzene rings is 1. The third-order valence-electron chi connectivity index (χ3n) is 4.30. The van der Waals surface area contributed by atoms with Gasteiger partial charge in [-0.15, -0.1) is 0 Å². The number of rotatable bonds is 3. The van der Waals surface area contributed by atoms with Crippen molar-refractivity contribution in [3.63, 3.8) is 0 Å². The SMILES string of the molecule is COC(=O)c1cc(C(C)C)c2nc(N3CCNCC3C)sc2c1. The molecule has 0 amide bonds. The van der Waals surface area contributed by atoms with Gasteiger partial charge >= 0.3 is 5.97 Å². The minimum atomic E-state index is -0.292. The highest BCUT2D eigenvalue weighted by Crippen LogP contribution is 2.35. The fourth-order valence-electron chi connectivity index (χ4n) is 2.97. The topological polar surface area (TPSA) is 54.5 Å². The summed E-state index contributed by atoms with van der Waals surface area (Å²) >= 11 is 1.66. The molecule has 0 saturated carbocycles. The first kappa shape index (κ1) is 16.2. The molecule has 3 rings (SSSR count). The molecule has 0 radical (unpaired) electrons. The highest BCUT2D eigenvalue weighted by Gasteiger charge is 2.23. The van der Waals surface area contributed by atoms with Crippen molar-refractivity contribution in [1.29, 1.82) is 0 Å². The third-order valence-corrected chi connectivity index (χ3v) is 5.34. The van der Waals surface area contributed by atoms with E-state index in [1.54, 1.807) is 11.3 Å². The second kappa shape index (κ2) is 6.45. The zero-order valence-corrected chi connectivity index (χ0v) is 14.9. The van der Waals surface area contributed by atoms with Gasteiger partial charge in [-0.3, -0.25) is 0 Å². The van der Waals surface area contributed by atoms with Gasteiger partial charge in [0, 0.05) is 25.7 Å². The number of hydrogen-bond acceptors (Lipinski definition) is 6. The van der Waals surface area contributed by atoms with E-state index in [4.69, 9.17) is 9.72 Å². The maximum Gasteiger partial charge on any atom is 0.337 e.